The van der Waals surface area contributed by atoms with Crippen LogP contribution in [0.2, 0.25) is 0 Å². The van der Waals surface area contributed by atoms with Gasteiger partial charge in [0.15, 0.2) is 11.5 Å². The summed E-state index contributed by atoms with van der Waals surface area (Å²) in [5.74, 6) is 1.32. The van der Waals surface area contributed by atoms with E-state index in [1.807, 2.05) is 12.1 Å². The van der Waals surface area contributed by atoms with E-state index < -0.39 is 0 Å². The number of nitrogens with one attached hydrogen (secondary N) is 1. The van der Waals surface area contributed by atoms with Crippen molar-refractivity contribution >= 4 is 11.8 Å². The van der Waals surface area contributed by atoms with E-state index in [0.717, 1.165) is 30.8 Å². The Bertz CT molecular complexity index is 1040. The molecular weight excluding hydrogens is 426 g/mol. The number of rotatable bonds is 10. The number of carbonyl (C=O) groups is 2. The number of nitrogens with zero attached hydrogens (tertiary/aromatic N) is 2. The Balaban J connectivity index is 1.40. The maximum Gasteiger partial charge on any atom is 0.276 e. The molecule has 1 fully saturated rings. The van der Waals surface area contributed by atoms with Crippen molar-refractivity contribution in [2.45, 2.75) is 31.9 Å². The largest absolute Gasteiger partial charge is 0.497 e. The molecule has 9 heteroatoms. The molecule has 2 aromatic heterocycles. The van der Waals surface area contributed by atoms with Gasteiger partial charge < -0.3 is 28.6 Å². The predicted octanol–water partition coefficient (Wildman–Crippen LogP) is 3.27. The second-order valence-corrected chi connectivity index (χ2v) is 7.80. The molecule has 1 unspecified atom stereocenters. The van der Waals surface area contributed by atoms with Crippen LogP contribution in [0.1, 0.15) is 35.5 Å². The lowest BCUT2D eigenvalue weighted by Gasteiger charge is -2.20. The summed E-state index contributed by atoms with van der Waals surface area (Å²) in [5, 5.41) is 6.84. The molecule has 0 radical (unpaired) electrons. The Morgan fingerprint density at radius 2 is 2.09 bits per heavy atom. The summed E-state index contributed by atoms with van der Waals surface area (Å²) < 4.78 is 21.5. The van der Waals surface area contributed by atoms with Crippen LogP contribution in [0, 0.1) is 0 Å². The predicted molar refractivity (Wildman–Crippen MR) is 119 cm³/mol. The van der Waals surface area contributed by atoms with Crippen molar-refractivity contribution in [2.75, 3.05) is 26.8 Å². The maximum absolute atomic E-state index is 13.2. The van der Waals surface area contributed by atoms with Gasteiger partial charge in [-0.25, -0.2) is 0 Å². The van der Waals surface area contributed by atoms with Crippen molar-refractivity contribution in [2.24, 2.45) is 0 Å². The van der Waals surface area contributed by atoms with Gasteiger partial charge in [-0.2, -0.15) is 0 Å². The molecule has 1 aromatic carbocycles. The van der Waals surface area contributed by atoms with Gasteiger partial charge in [0.05, 0.1) is 26.0 Å². The molecule has 2 amide bonds. The fourth-order valence-electron chi connectivity index (χ4n) is 3.63. The van der Waals surface area contributed by atoms with Crippen molar-refractivity contribution in [3.05, 3.63) is 60.2 Å². The molecule has 1 atom stereocenters. The molecular formula is C24H27N3O6. The number of benzene rings is 1. The average Bonchev–Trinajstić information content (AvgIpc) is 3.63. The van der Waals surface area contributed by atoms with Crippen LogP contribution in [0.15, 0.2) is 57.7 Å². The van der Waals surface area contributed by atoms with E-state index in [1.54, 1.807) is 43.7 Å². The van der Waals surface area contributed by atoms with Crippen molar-refractivity contribution in [1.82, 2.24) is 15.4 Å². The van der Waals surface area contributed by atoms with Gasteiger partial charge in [-0.05, 0) is 49.2 Å². The van der Waals surface area contributed by atoms with Crippen LogP contribution < -0.4 is 10.1 Å². The third-order valence-corrected chi connectivity index (χ3v) is 5.48. The fraction of sp³-hybridized carbons (Fsp3) is 0.375. The second-order valence-electron chi connectivity index (χ2n) is 7.80. The third kappa shape index (κ3) is 6.01. The molecule has 1 aliphatic rings. The lowest BCUT2D eigenvalue weighted by atomic mass is 10.1. The minimum Gasteiger partial charge on any atom is -0.497 e. The maximum atomic E-state index is 13.2. The normalized spacial score (nSPS) is 15.4. The molecule has 0 aliphatic carbocycles. The minimum atomic E-state index is -0.346. The minimum absolute atomic E-state index is 0.0707. The van der Waals surface area contributed by atoms with Crippen LogP contribution in [0.5, 0.6) is 5.75 Å². The first-order valence-electron chi connectivity index (χ1n) is 10.9. The molecule has 1 saturated heterocycles. The van der Waals surface area contributed by atoms with Crippen LogP contribution in [-0.4, -0.2) is 54.8 Å². The van der Waals surface area contributed by atoms with Gasteiger partial charge in [-0.15, -0.1) is 0 Å². The quantitative estimate of drug-likeness (QED) is 0.502. The third-order valence-electron chi connectivity index (χ3n) is 5.48. The summed E-state index contributed by atoms with van der Waals surface area (Å²) >= 11 is 0. The SMILES string of the molecule is COc1ccc(-c2cc(C(=O)N(CCC(=O)NCC3CCCO3)Cc3ccco3)no2)cc1. The summed E-state index contributed by atoms with van der Waals surface area (Å²) in [6, 6.07) is 12.4. The number of hydrogen-bond donors (Lipinski definition) is 1. The average molecular weight is 453 g/mol. The number of carbonyl (C=O) groups excluding carboxylic acids is 2. The van der Waals surface area contributed by atoms with E-state index in [2.05, 4.69) is 10.5 Å². The van der Waals surface area contributed by atoms with Crippen molar-refractivity contribution in [3.63, 3.8) is 0 Å². The number of ether oxygens (including phenoxy) is 2. The van der Waals surface area contributed by atoms with Crippen LogP contribution in [0.25, 0.3) is 11.3 Å². The van der Waals surface area contributed by atoms with Crippen LogP contribution in [-0.2, 0) is 16.1 Å². The van der Waals surface area contributed by atoms with Gasteiger partial charge in [-0.1, -0.05) is 5.16 Å². The van der Waals surface area contributed by atoms with Gasteiger partial charge in [0.25, 0.3) is 5.91 Å². The van der Waals surface area contributed by atoms with Crippen molar-refractivity contribution in [3.8, 4) is 17.1 Å². The molecule has 3 heterocycles. The number of hydrogen-bond acceptors (Lipinski definition) is 7. The van der Waals surface area contributed by atoms with E-state index in [0.29, 0.717) is 18.1 Å². The van der Waals surface area contributed by atoms with E-state index in [1.165, 1.54) is 4.90 Å². The van der Waals surface area contributed by atoms with E-state index in [-0.39, 0.29) is 43.1 Å². The van der Waals surface area contributed by atoms with Crippen LogP contribution >= 0.6 is 0 Å². The molecule has 0 saturated carbocycles. The monoisotopic (exact) mass is 453 g/mol. The first-order valence-corrected chi connectivity index (χ1v) is 10.9. The Morgan fingerprint density at radius 1 is 1.24 bits per heavy atom. The van der Waals surface area contributed by atoms with E-state index >= 15 is 0 Å². The van der Waals surface area contributed by atoms with Gasteiger partial charge in [-0.3, -0.25) is 9.59 Å². The Kier molecular flexibility index (Phi) is 7.41. The Labute approximate surface area is 191 Å². The summed E-state index contributed by atoms with van der Waals surface area (Å²) in [4.78, 5) is 27.0. The molecule has 4 rings (SSSR count). The number of amides is 2. The molecule has 174 valence electrons. The summed E-state index contributed by atoms with van der Waals surface area (Å²) in [7, 11) is 1.59. The molecule has 1 N–H and O–H groups in total. The highest BCUT2D eigenvalue weighted by atomic mass is 16.5. The molecule has 0 spiro atoms. The van der Waals surface area contributed by atoms with Gasteiger partial charge in [0, 0.05) is 37.7 Å². The number of methoxy groups -OCH3 is 1. The summed E-state index contributed by atoms with van der Waals surface area (Å²) in [6.45, 7) is 1.65. The molecule has 9 nitrogen and oxygen atoms in total. The van der Waals surface area contributed by atoms with Crippen molar-refractivity contribution in [1.29, 1.82) is 0 Å². The van der Waals surface area contributed by atoms with E-state index in [4.69, 9.17) is 18.4 Å². The summed E-state index contributed by atoms with van der Waals surface area (Å²) in [6.07, 6.45) is 3.74. The molecule has 3 aromatic rings. The topological polar surface area (TPSA) is 107 Å². The fourth-order valence-corrected chi connectivity index (χ4v) is 3.63. The lowest BCUT2D eigenvalue weighted by Crippen LogP contribution is -2.37. The Morgan fingerprint density at radius 3 is 2.79 bits per heavy atom. The van der Waals surface area contributed by atoms with Gasteiger partial charge in [0.2, 0.25) is 5.91 Å². The standard InChI is InChI=1S/C24H27N3O6/c1-30-18-8-6-17(7-9-18)22-14-21(26-33-22)24(29)27(16-20-5-3-13-32-20)11-10-23(28)25-15-19-4-2-12-31-19/h3,5-9,13-14,19H,2,4,10-12,15-16H2,1H3,(H,25,28). The highest BCUT2D eigenvalue weighted by molar-refractivity contribution is 5.93. The zero-order chi connectivity index (χ0) is 23.0. The van der Waals surface area contributed by atoms with Gasteiger partial charge >= 0.3 is 0 Å². The molecule has 33 heavy (non-hydrogen) atoms. The number of furan rings is 1. The first kappa shape index (κ1) is 22.6. The smallest absolute Gasteiger partial charge is 0.276 e. The van der Waals surface area contributed by atoms with Crippen molar-refractivity contribution < 1.29 is 28.0 Å². The van der Waals surface area contributed by atoms with Gasteiger partial charge in [0.1, 0.15) is 11.5 Å². The first-order chi connectivity index (χ1) is 16.1. The highest BCUT2D eigenvalue weighted by Crippen LogP contribution is 2.24. The van der Waals surface area contributed by atoms with Crippen LogP contribution in [0.3, 0.4) is 0 Å². The molecule has 1 aliphatic heterocycles. The second kappa shape index (κ2) is 10.8. The lowest BCUT2D eigenvalue weighted by molar-refractivity contribution is -0.121. The van der Waals surface area contributed by atoms with E-state index in [9.17, 15) is 9.59 Å². The summed E-state index contributed by atoms with van der Waals surface area (Å²) in [5.41, 5.74) is 0.931. The van der Waals surface area contributed by atoms with Crippen LogP contribution in [0.4, 0.5) is 0 Å². The zero-order valence-electron chi connectivity index (χ0n) is 18.5. The molecule has 0 bridgehead atoms. The highest BCUT2D eigenvalue weighted by Gasteiger charge is 2.23. The number of aromatic nitrogens is 1. The zero-order valence-corrected chi connectivity index (χ0v) is 18.5. The Hall–Kier alpha value is -3.59.